The molecule has 0 unspecified atom stereocenters. The van der Waals surface area contributed by atoms with E-state index in [1.165, 1.54) is 6.07 Å². The van der Waals surface area contributed by atoms with Crippen molar-refractivity contribution in [3.8, 4) is 0 Å². The van der Waals surface area contributed by atoms with Crippen LogP contribution in [-0.4, -0.2) is 11.1 Å². The topological polar surface area (TPSA) is 49.3 Å². The van der Waals surface area contributed by atoms with Crippen LogP contribution in [0.15, 0.2) is 36.4 Å². The van der Waals surface area contributed by atoms with Gasteiger partial charge in [0, 0.05) is 3.57 Å². The molecular weight excluding hydrogens is 384 g/mol. The van der Waals surface area contributed by atoms with Crippen molar-refractivity contribution in [2.75, 3.05) is 5.32 Å². The van der Waals surface area contributed by atoms with Gasteiger partial charge in [0.1, 0.15) is 5.82 Å². The Morgan fingerprint density at radius 1 is 1.21 bits per heavy atom. The standard InChI is InChI=1S/C13H8ClFINO2/c14-10-6-8(16)2-4-11(10)17-12-5-7(15)1-3-9(12)13(18)19/h1-6,17H,(H,18,19). The SMILES string of the molecule is O=C(O)c1ccc(F)cc1Nc1ccc(I)cc1Cl. The van der Waals surface area contributed by atoms with Gasteiger partial charge in [0.15, 0.2) is 0 Å². The Morgan fingerprint density at radius 2 is 1.95 bits per heavy atom. The Labute approximate surface area is 127 Å². The summed E-state index contributed by atoms with van der Waals surface area (Å²) in [4.78, 5) is 11.1. The lowest BCUT2D eigenvalue weighted by molar-refractivity contribution is 0.0698. The predicted octanol–water partition coefficient (Wildman–Crippen LogP) is 4.53. The molecule has 0 amide bonds. The minimum absolute atomic E-state index is 0.0176. The molecule has 0 radical (unpaired) electrons. The number of hydrogen-bond donors (Lipinski definition) is 2. The van der Waals surface area contributed by atoms with Crippen LogP contribution in [0.5, 0.6) is 0 Å². The third-order valence-corrected chi connectivity index (χ3v) is 3.40. The van der Waals surface area contributed by atoms with Gasteiger partial charge in [-0.2, -0.15) is 0 Å². The molecule has 2 rings (SSSR count). The minimum Gasteiger partial charge on any atom is -0.478 e. The van der Waals surface area contributed by atoms with Crippen LogP contribution in [0, 0.1) is 9.39 Å². The molecule has 0 aliphatic carbocycles. The molecule has 98 valence electrons. The number of benzene rings is 2. The van der Waals surface area contributed by atoms with Gasteiger partial charge in [0.2, 0.25) is 0 Å². The molecule has 6 heteroatoms. The van der Waals surface area contributed by atoms with E-state index < -0.39 is 11.8 Å². The van der Waals surface area contributed by atoms with E-state index in [0.717, 1.165) is 15.7 Å². The highest BCUT2D eigenvalue weighted by Gasteiger charge is 2.12. The summed E-state index contributed by atoms with van der Waals surface area (Å²) in [5, 5.41) is 12.3. The molecule has 0 heterocycles. The van der Waals surface area contributed by atoms with Crippen molar-refractivity contribution in [3.05, 3.63) is 56.4 Å². The number of anilines is 2. The summed E-state index contributed by atoms with van der Waals surface area (Å²) in [7, 11) is 0. The molecule has 0 aliphatic rings. The summed E-state index contributed by atoms with van der Waals surface area (Å²) in [6.45, 7) is 0. The zero-order chi connectivity index (χ0) is 14.0. The van der Waals surface area contributed by atoms with E-state index in [0.29, 0.717) is 10.7 Å². The normalized spacial score (nSPS) is 10.3. The van der Waals surface area contributed by atoms with E-state index in [9.17, 15) is 9.18 Å². The number of carboxylic acid groups (broad SMARTS) is 1. The summed E-state index contributed by atoms with van der Waals surface area (Å²) < 4.78 is 14.2. The van der Waals surface area contributed by atoms with Gasteiger partial charge in [0.25, 0.3) is 0 Å². The predicted molar refractivity (Wildman–Crippen MR) is 80.8 cm³/mol. The van der Waals surface area contributed by atoms with Crippen LogP contribution in [0.25, 0.3) is 0 Å². The minimum atomic E-state index is -1.14. The van der Waals surface area contributed by atoms with E-state index in [4.69, 9.17) is 16.7 Å². The van der Waals surface area contributed by atoms with E-state index in [1.54, 1.807) is 12.1 Å². The monoisotopic (exact) mass is 391 g/mol. The molecule has 0 bridgehead atoms. The lowest BCUT2D eigenvalue weighted by Gasteiger charge is -2.11. The van der Waals surface area contributed by atoms with Crippen LogP contribution in [-0.2, 0) is 0 Å². The molecule has 2 aromatic rings. The van der Waals surface area contributed by atoms with Gasteiger partial charge in [-0.1, -0.05) is 11.6 Å². The van der Waals surface area contributed by atoms with Crippen molar-refractivity contribution in [3.63, 3.8) is 0 Å². The number of hydrogen-bond acceptors (Lipinski definition) is 2. The summed E-state index contributed by atoms with van der Waals surface area (Å²) in [5.41, 5.74) is 0.668. The first-order valence-electron chi connectivity index (χ1n) is 5.22. The lowest BCUT2D eigenvalue weighted by atomic mass is 10.1. The largest absolute Gasteiger partial charge is 0.478 e. The van der Waals surface area contributed by atoms with Gasteiger partial charge in [-0.05, 0) is 59.0 Å². The number of carbonyl (C=O) groups is 1. The van der Waals surface area contributed by atoms with Crippen molar-refractivity contribution in [2.45, 2.75) is 0 Å². The van der Waals surface area contributed by atoms with E-state index in [1.807, 2.05) is 6.07 Å². The molecule has 19 heavy (non-hydrogen) atoms. The van der Waals surface area contributed by atoms with Gasteiger partial charge < -0.3 is 10.4 Å². The Morgan fingerprint density at radius 3 is 2.58 bits per heavy atom. The Bertz CT molecular complexity index is 649. The lowest BCUT2D eigenvalue weighted by Crippen LogP contribution is -2.03. The maximum atomic E-state index is 13.2. The van der Waals surface area contributed by atoms with Gasteiger partial charge in [-0.15, -0.1) is 0 Å². The molecule has 2 aromatic carbocycles. The van der Waals surface area contributed by atoms with Crippen LogP contribution in [0.1, 0.15) is 10.4 Å². The zero-order valence-electron chi connectivity index (χ0n) is 9.45. The van der Waals surface area contributed by atoms with Crippen molar-refractivity contribution in [1.29, 1.82) is 0 Å². The maximum absolute atomic E-state index is 13.2. The Hall–Kier alpha value is -1.34. The third-order valence-electron chi connectivity index (χ3n) is 2.41. The molecule has 0 atom stereocenters. The van der Waals surface area contributed by atoms with E-state index >= 15 is 0 Å². The maximum Gasteiger partial charge on any atom is 0.337 e. The summed E-state index contributed by atoms with van der Waals surface area (Å²) in [5.74, 6) is -1.65. The molecule has 2 N–H and O–H groups in total. The number of carboxylic acids is 1. The molecule has 0 aromatic heterocycles. The fourth-order valence-corrected chi connectivity index (χ4v) is 2.45. The molecule has 0 aliphatic heterocycles. The van der Waals surface area contributed by atoms with E-state index in [2.05, 4.69) is 27.9 Å². The smallest absolute Gasteiger partial charge is 0.337 e. The molecule has 0 fully saturated rings. The summed E-state index contributed by atoms with van der Waals surface area (Å²) >= 11 is 8.15. The highest BCUT2D eigenvalue weighted by Crippen LogP contribution is 2.29. The number of rotatable bonds is 3. The number of nitrogens with one attached hydrogen (secondary N) is 1. The highest BCUT2D eigenvalue weighted by atomic mass is 127. The molecular formula is C13H8ClFINO2. The van der Waals surface area contributed by atoms with Gasteiger partial charge in [0.05, 0.1) is 22.0 Å². The van der Waals surface area contributed by atoms with Gasteiger partial charge >= 0.3 is 5.97 Å². The molecule has 0 spiro atoms. The van der Waals surface area contributed by atoms with E-state index in [-0.39, 0.29) is 11.3 Å². The van der Waals surface area contributed by atoms with Crippen LogP contribution >= 0.6 is 34.2 Å². The number of halogens is 3. The van der Waals surface area contributed by atoms with Crippen LogP contribution in [0.3, 0.4) is 0 Å². The quantitative estimate of drug-likeness (QED) is 0.756. The van der Waals surface area contributed by atoms with Crippen LogP contribution < -0.4 is 5.32 Å². The summed E-state index contributed by atoms with van der Waals surface area (Å²) in [6, 6.07) is 8.68. The van der Waals surface area contributed by atoms with Crippen LogP contribution in [0.4, 0.5) is 15.8 Å². The summed E-state index contributed by atoms with van der Waals surface area (Å²) in [6.07, 6.45) is 0. The van der Waals surface area contributed by atoms with Crippen LogP contribution in [0.2, 0.25) is 5.02 Å². The average molecular weight is 392 g/mol. The molecule has 3 nitrogen and oxygen atoms in total. The average Bonchev–Trinajstić information content (AvgIpc) is 2.32. The number of aromatic carboxylic acids is 1. The van der Waals surface area contributed by atoms with Crippen molar-refractivity contribution in [1.82, 2.24) is 0 Å². The van der Waals surface area contributed by atoms with Crippen molar-refractivity contribution < 1.29 is 14.3 Å². The first-order chi connectivity index (χ1) is 8.97. The zero-order valence-corrected chi connectivity index (χ0v) is 12.4. The molecule has 0 saturated heterocycles. The second-order valence-electron chi connectivity index (χ2n) is 3.74. The highest BCUT2D eigenvalue weighted by molar-refractivity contribution is 14.1. The van der Waals surface area contributed by atoms with Gasteiger partial charge in [-0.25, -0.2) is 9.18 Å². The Kier molecular flexibility index (Phi) is 4.26. The second-order valence-corrected chi connectivity index (χ2v) is 5.40. The Balaban J connectivity index is 2.42. The van der Waals surface area contributed by atoms with Crippen molar-refractivity contribution in [2.24, 2.45) is 0 Å². The third kappa shape index (κ3) is 3.36. The first kappa shape index (κ1) is 14.1. The first-order valence-corrected chi connectivity index (χ1v) is 6.68. The second kappa shape index (κ2) is 5.75. The molecule has 0 saturated carbocycles. The van der Waals surface area contributed by atoms with Gasteiger partial charge in [-0.3, -0.25) is 0 Å². The van der Waals surface area contributed by atoms with Crippen molar-refractivity contribution >= 4 is 51.5 Å². The fourth-order valence-electron chi connectivity index (χ4n) is 1.54. The fraction of sp³-hybridized carbons (Fsp3) is 0.